The van der Waals surface area contributed by atoms with Crippen molar-refractivity contribution in [3.63, 3.8) is 0 Å². The minimum atomic E-state index is -1.09. The lowest BCUT2D eigenvalue weighted by molar-refractivity contribution is -0.142. The highest BCUT2D eigenvalue weighted by atomic mass is 16.4. The maximum atomic E-state index is 11.9. The van der Waals surface area contributed by atoms with Gasteiger partial charge in [0.25, 0.3) is 5.91 Å². The summed E-state index contributed by atoms with van der Waals surface area (Å²) < 4.78 is 1.42. The number of amides is 2. The number of carboxylic acid groups (broad SMARTS) is 1. The van der Waals surface area contributed by atoms with Gasteiger partial charge in [0.2, 0.25) is 5.91 Å². The molecule has 0 aromatic carbocycles. The predicted octanol–water partition coefficient (Wildman–Crippen LogP) is 0.0738. The van der Waals surface area contributed by atoms with E-state index in [2.05, 4.69) is 15.7 Å². The minimum Gasteiger partial charge on any atom is -0.480 e. The lowest BCUT2D eigenvalue weighted by Crippen LogP contribution is -2.46. The van der Waals surface area contributed by atoms with Crippen LogP contribution in [0.3, 0.4) is 0 Å². The Morgan fingerprint density at radius 3 is 2.45 bits per heavy atom. The summed E-state index contributed by atoms with van der Waals surface area (Å²) in [4.78, 5) is 34.7. The van der Waals surface area contributed by atoms with Gasteiger partial charge >= 0.3 is 5.97 Å². The van der Waals surface area contributed by atoms with E-state index in [9.17, 15) is 14.4 Å². The van der Waals surface area contributed by atoms with Gasteiger partial charge in [-0.15, -0.1) is 0 Å². The van der Waals surface area contributed by atoms with Crippen molar-refractivity contribution in [3.05, 3.63) is 17.5 Å². The van der Waals surface area contributed by atoms with Crippen LogP contribution in [0.15, 0.2) is 6.07 Å². The standard InChI is InChI=1S/C14H22N4O4/c1-8(2)5-10(14(21)22)16-12(19)7-15-13(20)11-6-9(3)17-18(11)4/h6,8,10H,5,7H2,1-4H3,(H,15,20)(H,16,19)(H,21,22)/t10-/m0/s1. The lowest BCUT2D eigenvalue weighted by Gasteiger charge is -2.16. The topological polar surface area (TPSA) is 113 Å². The van der Waals surface area contributed by atoms with E-state index in [1.807, 2.05) is 13.8 Å². The third-order valence-corrected chi connectivity index (χ3v) is 2.98. The Kier molecular flexibility index (Phi) is 6.09. The molecule has 0 radical (unpaired) electrons. The SMILES string of the molecule is Cc1cc(C(=O)NCC(=O)N[C@@H](CC(C)C)C(=O)O)n(C)n1. The number of hydrogen-bond acceptors (Lipinski definition) is 4. The van der Waals surface area contributed by atoms with Crippen LogP contribution in [-0.2, 0) is 16.6 Å². The minimum absolute atomic E-state index is 0.133. The molecule has 1 aromatic rings. The van der Waals surface area contributed by atoms with Crippen LogP contribution in [0.25, 0.3) is 0 Å². The summed E-state index contributed by atoms with van der Waals surface area (Å²) in [5.74, 6) is -1.93. The van der Waals surface area contributed by atoms with Gasteiger partial charge in [-0.3, -0.25) is 14.3 Å². The van der Waals surface area contributed by atoms with Crippen LogP contribution in [0, 0.1) is 12.8 Å². The van der Waals surface area contributed by atoms with Crippen LogP contribution in [0.1, 0.15) is 36.5 Å². The lowest BCUT2D eigenvalue weighted by atomic mass is 10.0. The molecule has 0 fully saturated rings. The molecule has 0 saturated carbocycles. The predicted molar refractivity (Wildman–Crippen MR) is 79.3 cm³/mol. The molecule has 0 aliphatic heterocycles. The first-order chi connectivity index (χ1) is 10.2. The van der Waals surface area contributed by atoms with E-state index in [0.717, 1.165) is 0 Å². The van der Waals surface area contributed by atoms with Gasteiger partial charge in [-0.05, 0) is 25.3 Å². The van der Waals surface area contributed by atoms with E-state index in [4.69, 9.17) is 5.11 Å². The summed E-state index contributed by atoms with van der Waals surface area (Å²) in [6, 6.07) is 0.648. The number of carbonyl (C=O) groups excluding carboxylic acids is 2. The van der Waals surface area contributed by atoms with Crippen LogP contribution in [-0.4, -0.2) is 45.3 Å². The Morgan fingerprint density at radius 2 is 2.00 bits per heavy atom. The van der Waals surface area contributed by atoms with Crippen LogP contribution >= 0.6 is 0 Å². The average Bonchev–Trinajstić information content (AvgIpc) is 2.73. The number of carboxylic acids is 1. The molecule has 0 spiro atoms. The van der Waals surface area contributed by atoms with Gasteiger partial charge in [0.05, 0.1) is 12.2 Å². The quantitative estimate of drug-likeness (QED) is 0.660. The molecular weight excluding hydrogens is 288 g/mol. The van der Waals surface area contributed by atoms with E-state index in [0.29, 0.717) is 17.8 Å². The smallest absolute Gasteiger partial charge is 0.326 e. The summed E-state index contributed by atoms with van der Waals surface area (Å²) in [5.41, 5.74) is 1.03. The first-order valence-corrected chi connectivity index (χ1v) is 7.01. The number of nitrogens with one attached hydrogen (secondary N) is 2. The van der Waals surface area contributed by atoms with E-state index >= 15 is 0 Å². The Balaban J connectivity index is 2.53. The van der Waals surface area contributed by atoms with E-state index in [-0.39, 0.29) is 12.5 Å². The van der Waals surface area contributed by atoms with Crippen molar-refractivity contribution in [2.75, 3.05) is 6.54 Å². The fraction of sp³-hybridized carbons (Fsp3) is 0.571. The Labute approximate surface area is 128 Å². The molecule has 22 heavy (non-hydrogen) atoms. The van der Waals surface area contributed by atoms with Gasteiger partial charge in [0.15, 0.2) is 0 Å². The van der Waals surface area contributed by atoms with Crippen molar-refractivity contribution >= 4 is 17.8 Å². The molecule has 8 heteroatoms. The highest BCUT2D eigenvalue weighted by Gasteiger charge is 2.21. The normalized spacial score (nSPS) is 12.0. The van der Waals surface area contributed by atoms with Crippen molar-refractivity contribution in [2.24, 2.45) is 13.0 Å². The molecule has 122 valence electrons. The number of hydrogen-bond donors (Lipinski definition) is 3. The van der Waals surface area contributed by atoms with Gasteiger partial charge in [-0.25, -0.2) is 4.79 Å². The summed E-state index contributed by atoms with van der Waals surface area (Å²) in [7, 11) is 1.63. The zero-order valence-electron chi connectivity index (χ0n) is 13.2. The molecule has 2 amide bonds. The Bertz CT molecular complexity index is 565. The second kappa shape index (κ2) is 7.58. The second-order valence-electron chi connectivity index (χ2n) is 5.57. The highest BCUT2D eigenvalue weighted by molar-refractivity contribution is 5.95. The molecule has 0 bridgehead atoms. The Hall–Kier alpha value is -2.38. The Morgan fingerprint density at radius 1 is 1.36 bits per heavy atom. The molecule has 1 heterocycles. The van der Waals surface area contributed by atoms with Crippen LogP contribution in [0.5, 0.6) is 0 Å². The van der Waals surface area contributed by atoms with Gasteiger partial charge in [0, 0.05) is 7.05 Å². The van der Waals surface area contributed by atoms with E-state index in [1.165, 1.54) is 4.68 Å². The van der Waals surface area contributed by atoms with Crippen molar-refractivity contribution < 1.29 is 19.5 Å². The molecule has 1 rings (SSSR count). The van der Waals surface area contributed by atoms with Gasteiger partial charge in [-0.2, -0.15) is 5.10 Å². The van der Waals surface area contributed by atoms with Gasteiger partial charge < -0.3 is 15.7 Å². The highest BCUT2D eigenvalue weighted by Crippen LogP contribution is 2.05. The molecular formula is C14H22N4O4. The molecule has 1 aromatic heterocycles. The van der Waals surface area contributed by atoms with Crippen molar-refractivity contribution in [1.82, 2.24) is 20.4 Å². The number of nitrogens with zero attached hydrogens (tertiary/aromatic N) is 2. The van der Waals surface area contributed by atoms with Crippen molar-refractivity contribution in [3.8, 4) is 0 Å². The first-order valence-electron chi connectivity index (χ1n) is 7.01. The molecule has 0 aliphatic rings. The van der Waals surface area contributed by atoms with Gasteiger partial charge in [0.1, 0.15) is 11.7 Å². The maximum absolute atomic E-state index is 11.9. The van der Waals surface area contributed by atoms with Gasteiger partial charge in [-0.1, -0.05) is 13.8 Å². The van der Waals surface area contributed by atoms with Crippen molar-refractivity contribution in [1.29, 1.82) is 0 Å². The summed E-state index contributed by atoms with van der Waals surface area (Å²) in [6.45, 7) is 5.21. The zero-order valence-corrected chi connectivity index (χ0v) is 13.2. The van der Waals surface area contributed by atoms with Crippen LogP contribution < -0.4 is 10.6 Å². The molecule has 0 unspecified atom stereocenters. The number of aromatic nitrogens is 2. The maximum Gasteiger partial charge on any atom is 0.326 e. The first kappa shape index (κ1) is 17.7. The number of aliphatic carboxylic acids is 1. The number of carbonyl (C=O) groups is 3. The third kappa shape index (κ3) is 5.19. The number of aryl methyl sites for hydroxylation is 2. The average molecular weight is 310 g/mol. The molecule has 0 aliphatic carbocycles. The monoisotopic (exact) mass is 310 g/mol. The summed E-state index contributed by atoms with van der Waals surface area (Å²) in [6.07, 6.45) is 0.329. The second-order valence-corrected chi connectivity index (χ2v) is 5.57. The summed E-state index contributed by atoms with van der Waals surface area (Å²) in [5, 5.41) is 17.9. The van der Waals surface area contributed by atoms with Crippen LogP contribution in [0.4, 0.5) is 0 Å². The third-order valence-electron chi connectivity index (χ3n) is 2.98. The van der Waals surface area contributed by atoms with E-state index < -0.39 is 23.8 Å². The molecule has 3 N–H and O–H groups in total. The molecule has 1 atom stereocenters. The fourth-order valence-electron chi connectivity index (χ4n) is 2.01. The van der Waals surface area contributed by atoms with E-state index in [1.54, 1.807) is 20.0 Å². The largest absolute Gasteiger partial charge is 0.480 e. The molecule has 0 saturated heterocycles. The summed E-state index contributed by atoms with van der Waals surface area (Å²) >= 11 is 0. The van der Waals surface area contributed by atoms with Crippen LogP contribution in [0.2, 0.25) is 0 Å². The fourth-order valence-corrected chi connectivity index (χ4v) is 2.01. The molecule has 8 nitrogen and oxygen atoms in total. The number of rotatable bonds is 7. The zero-order chi connectivity index (χ0) is 16.9. The van der Waals surface area contributed by atoms with Crippen molar-refractivity contribution in [2.45, 2.75) is 33.2 Å².